The maximum absolute atomic E-state index is 13.4. The lowest BCUT2D eigenvalue weighted by Gasteiger charge is -2.38. The SMILES string of the molecule is Cc1ccccc1C1(CC(NC2CCOc3c(C(=O)NCC4CCN(C(=O)O)CC4)cccc32)c2cnc[nH]2)C=CC=CC1. The molecule has 3 aromatic rings. The number of carbonyl (C=O) groups excluding carboxylic acids is 1. The number of ether oxygens (including phenoxy) is 1. The Morgan fingerprint density at radius 2 is 1.98 bits per heavy atom. The molecule has 44 heavy (non-hydrogen) atoms. The van der Waals surface area contributed by atoms with Crippen molar-refractivity contribution in [2.75, 3.05) is 26.2 Å². The summed E-state index contributed by atoms with van der Waals surface area (Å²) in [5, 5.41) is 16.3. The molecule has 9 heteroatoms. The van der Waals surface area contributed by atoms with Gasteiger partial charge in [0, 0.05) is 49.3 Å². The Morgan fingerprint density at radius 1 is 1.14 bits per heavy atom. The van der Waals surface area contributed by atoms with Crippen molar-refractivity contribution in [3.63, 3.8) is 0 Å². The first-order valence-corrected chi connectivity index (χ1v) is 15.6. The maximum atomic E-state index is 13.4. The lowest BCUT2D eigenvalue weighted by atomic mass is 9.69. The molecule has 1 aliphatic carbocycles. The smallest absolute Gasteiger partial charge is 0.407 e. The summed E-state index contributed by atoms with van der Waals surface area (Å²) in [5.41, 5.74) is 4.96. The molecule has 3 atom stereocenters. The van der Waals surface area contributed by atoms with Gasteiger partial charge < -0.3 is 30.4 Å². The first kappa shape index (κ1) is 29.7. The number of hydrogen-bond donors (Lipinski definition) is 4. The van der Waals surface area contributed by atoms with Gasteiger partial charge >= 0.3 is 6.09 Å². The number of benzene rings is 2. The van der Waals surface area contributed by atoms with Gasteiger partial charge in [-0.2, -0.15) is 0 Å². The summed E-state index contributed by atoms with van der Waals surface area (Å²) in [6.07, 6.45) is 15.6. The van der Waals surface area contributed by atoms with Crippen LogP contribution in [0.25, 0.3) is 0 Å². The van der Waals surface area contributed by atoms with Crippen LogP contribution in [0.1, 0.15) is 76.9 Å². The van der Waals surface area contributed by atoms with Gasteiger partial charge in [-0.05, 0) is 55.7 Å². The zero-order chi connectivity index (χ0) is 30.5. The highest BCUT2D eigenvalue weighted by Gasteiger charge is 2.37. The Balaban J connectivity index is 1.21. The third-order valence-electron chi connectivity index (χ3n) is 9.45. The van der Waals surface area contributed by atoms with E-state index in [0.29, 0.717) is 37.6 Å². The topological polar surface area (TPSA) is 120 Å². The molecule has 3 heterocycles. The van der Waals surface area contributed by atoms with Gasteiger partial charge in [-0.3, -0.25) is 4.79 Å². The molecule has 6 rings (SSSR count). The standard InChI is InChI=1S/C35H41N5O4/c1-24-8-3-4-11-28(24)35(15-5-2-6-16-35)20-30(31-22-36-23-38-31)39-29-14-19-44-32-26(29)9-7-10-27(32)33(41)37-21-25-12-17-40(18-13-25)34(42)43/h2-11,15,22-23,25,29-30,39H,12-14,16-21H2,1H3,(H,36,38)(H,37,41)(H,42,43). The summed E-state index contributed by atoms with van der Waals surface area (Å²) in [5.74, 6) is 0.724. The molecule has 2 aromatic carbocycles. The predicted molar refractivity (Wildman–Crippen MR) is 169 cm³/mol. The summed E-state index contributed by atoms with van der Waals surface area (Å²) in [4.78, 5) is 33.8. The summed E-state index contributed by atoms with van der Waals surface area (Å²) in [7, 11) is 0. The van der Waals surface area contributed by atoms with Crippen molar-refractivity contribution in [2.24, 2.45) is 5.92 Å². The second-order valence-electron chi connectivity index (χ2n) is 12.2. The van der Waals surface area contributed by atoms with Gasteiger partial charge in [0.25, 0.3) is 5.91 Å². The van der Waals surface area contributed by atoms with Crippen molar-refractivity contribution in [2.45, 2.75) is 56.5 Å². The number of carboxylic acid groups (broad SMARTS) is 1. The fourth-order valence-corrected chi connectivity index (χ4v) is 7.02. The Kier molecular flexibility index (Phi) is 8.84. The number of aromatic amines is 1. The van der Waals surface area contributed by atoms with Gasteiger partial charge in [0.1, 0.15) is 5.75 Å². The minimum Gasteiger partial charge on any atom is -0.492 e. The molecule has 3 aliphatic rings. The third-order valence-corrected chi connectivity index (χ3v) is 9.45. The quantitative estimate of drug-likeness (QED) is 0.247. The van der Waals surface area contributed by atoms with E-state index in [1.165, 1.54) is 16.0 Å². The van der Waals surface area contributed by atoms with E-state index in [0.717, 1.165) is 43.4 Å². The number of nitrogens with zero attached hydrogens (tertiary/aromatic N) is 2. The second kappa shape index (κ2) is 13.1. The molecule has 0 spiro atoms. The number of imidazole rings is 1. The second-order valence-corrected chi connectivity index (χ2v) is 12.2. The van der Waals surface area contributed by atoms with Crippen LogP contribution in [0.15, 0.2) is 79.3 Å². The number of aromatic nitrogens is 2. The number of allylic oxidation sites excluding steroid dienone is 4. The summed E-state index contributed by atoms with van der Waals surface area (Å²) in [6.45, 7) is 4.21. The minimum atomic E-state index is -0.879. The van der Waals surface area contributed by atoms with Gasteiger partial charge in [0.05, 0.1) is 30.2 Å². The molecule has 1 fully saturated rings. The lowest BCUT2D eigenvalue weighted by Crippen LogP contribution is -2.41. The van der Waals surface area contributed by atoms with E-state index in [4.69, 9.17) is 4.74 Å². The van der Waals surface area contributed by atoms with Crippen molar-refractivity contribution >= 4 is 12.0 Å². The Morgan fingerprint density at radius 3 is 2.70 bits per heavy atom. The number of para-hydroxylation sites is 1. The van der Waals surface area contributed by atoms with Crippen LogP contribution in [0.4, 0.5) is 4.79 Å². The predicted octanol–water partition coefficient (Wildman–Crippen LogP) is 5.84. The Hall–Kier alpha value is -4.37. The van der Waals surface area contributed by atoms with Crippen molar-refractivity contribution in [3.05, 3.63) is 107 Å². The zero-order valence-corrected chi connectivity index (χ0v) is 25.2. The molecule has 1 aromatic heterocycles. The van der Waals surface area contributed by atoms with Crippen LogP contribution < -0.4 is 15.4 Å². The highest BCUT2D eigenvalue weighted by Crippen LogP contribution is 2.43. The van der Waals surface area contributed by atoms with Crippen LogP contribution in [0.2, 0.25) is 0 Å². The largest absolute Gasteiger partial charge is 0.492 e. The molecule has 2 aliphatic heterocycles. The van der Waals surface area contributed by atoms with Crippen molar-refractivity contribution in [1.29, 1.82) is 0 Å². The number of piperidine rings is 1. The number of rotatable bonds is 9. The number of amides is 2. The van der Waals surface area contributed by atoms with Crippen LogP contribution in [0.5, 0.6) is 5.75 Å². The van der Waals surface area contributed by atoms with Gasteiger partial charge in [-0.15, -0.1) is 0 Å². The van der Waals surface area contributed by atoms with E-state index in [-0.39, 0.29) is 29.3 Å². The molecule has 0 bridgehead atoms. The molecular formula is C35H41N5O4. The van der Waals surface area contributed by atoms with Crippen LogP contribution in [0, 0.1) is 12.8 Å². The van der Waals surface area contributed by atoms with Crippen molar-refractivity contribution < 1.29 is 19.4 Å². The van der Waals surface area contributed by atoms with Crippen molar-refractivity contribution in [3.8, 4) is 5.75 Å². The number of H-pyrrole nitrogens is 1. The average molecular weight is 596 g/mol. The Labute approximate surface area is 258 Å². The van der Waals surface area contributed by atoms with Gasteiger partial charge in [-0.1, -0.05) is 60.7 Å². The van der Waals surface area contributed by atoms with Crippen LogP contribution >= 0.6 is 0 Å². The fraction of sp³-hybridized carbons (Fsp3) is 0.400. The van der Waals surface area contributed by atoms with Gasteiger partial charge in [-0.25, -0.2) is 9.78 Å². The summed E-state index contributed by atoms with van der Waals surface area (Å²) < 4.78 is 6.15. The number of carbonyl (C=O) groups is 2. The average Bonchev–Trinajstić information content (AvgIpc) is 3.59. The number of nitrogens with one attached hydrogen (secondary N) is 3. The lowest BCUT2D eigenvalue weighted by molar-refractivity contribution is 0.0923. The molecular weight excluding hydrogens is 554 g/mol. The molecule has 2 amide bonds. The van der Waals surface area contributed by atoms with Crippen LogP contribution in [-0.4, -0.2) is 58.2 Å². The molecule has 9 nitrogen and oxygen atoms in total. The monoisotopic (exact) mass is 595 g/mol. The zero-order valence-electron chi connectivity index (χ0n) is 25.2. The van der Waals surface area contributed by atoms with Crippen LogP contribution in [0.3, 0.4) is 0 Å². The Bertz CT molecular complexity index is 1530. The van der Waals surface area contributed by atoms with E-state index in [1.807, 2.05) is 18.3 Å². The van der Waals surface area contributed by atoms with Gasteiger partial charge in [0.2, 0.25) is 0 Å². The highest BCUT2D eigenvalue weighted by molar-refractivity contribution is 5.97. The minimum absolute atomic E-state index is 0.0165. The molecule has 0 saturated carbocycles. The highest BCUT2D eigenvalue weighted by atomic mass is 16.5. The summed E-state index contributed by atoms with van der Waals surface area (Å²) >= 11 is 0. The van der Waals surface area contributed by atoms with E-state index < -0.39 is 6.09 Å². The van der Waals surface area contributed by atoms with E-state index in [1.54, 1.807) is 6.33 Å². The number of fused-ring (bicyclic) bond motifs is 1. The molecule has 4 N–H and O–H groups in total. The first-order valence-electron chi connectivity index (χ1n) is 15.6. The van der Waals surface area contributed by atoms with E-state index in [9.17, 15) is 14.7 Å². The number of aryl methyl sites for hydroxylation is 1. The molecule has 1 saturated heterocycles. The third kappa shape index (κ3) is 6.28. The number of likely N-dealkylation sites (tertiary alicyclic amines) is 1. The fourth-order valence-electron chi connectivity index (χ4n) is 7.02. The van der Waals surface area contributed by atoms with Crippen molar-refractivity contribution in [1.82, 2.24) is 25.5 Å². The normalized spacial score (nSPS) is 22.2. The first-order chi connectivity index (χ1) is 21.4. The van der Waals surface area contributed by atoms with Gasteiger partial charge in [0.15, 0.2) is 0 Å². The number of hydrogen-bond acceptors (Lipinski definition) is 5. The van der Waals surface area contributed by atoms with E-state index >= 15 is 0 Å². The summed E-state index contributed by atoms with van der Waals surface area (Å²) in [6, 6.07) is 14.4. The van der Waals surface area contributed by atoms with E-state index in [2.05, 4.69) is 82.2 Å². The van der Waals surface area contributed by atoms with Crippen LogP contribution in [-0.2, 0) is 5.41 Å². The molecule has 3 unspecified atom stereocenters. The molecule has 0 radical (unpaired) electrons. The maximum Gasteiger partial charge on any atom is 0.407 e. The molecule has 230 valence electrons.